The molecule has 1 aromatic carbocycles. The third kappa shape index (κ3) is 3.35. The molecule has 2 aliphatic rings. The highest BCUT2D eigenvalue weighted by molar-refractivity contribution is 5.63. The maximum atomic E-state index is 5.97. The van der Waals surface area contributed by atoms with E-state index in [2.05, 4.69) is 5.32 Å². The molecule has 110 valence electrons. The van der Waals surface area contributed by atoms with Gasteiger partial charge in [0.15, 0.2) is 0 Å². The predicted octanol–water partition coefficient (Wildman–Crippen LogP) is 1.88. The Morgan fingerprint density at radius 1 is 1.35 bits per heavy atom. The lowest BCUT2D eigenvalue weighted by Gasteiger charge is -2.24. The number of anilines is 2. The fourth-order valence-corrected chi connectivity index (χ4v) is 2.60. The molecule has 0 radical (unpaired) electrons. The smallest absolute Gasteiger partial charge is 0.142 e. The van der Waals surface area contributed by atoms with Gasteiger partial charge in [-0.25, -0.2) is 0 Å². The summed E-state index contributed by atoms with van der Waals surface area (Å²) in [5, 5.41) is 3.34. The summed E-state index contributed by atoms with van der Waals surface area (Å²) < 4.78 is 17.2. The molecule has 0 amide bonds. The van der Waals surface area contributed by atoms with Crippen LogP contribution in [0.2, 0.25) is 0 Å². The van der Waals surface area contributed by atoms with E-state index in [1.54, 1.807) is 0 Å². The summed E-state index contributed by atoms with van der Waals surface area (Å²) in [6.07, 6.45) is 2.39. The molecule has 2 aliphatic heterocycles. The Morgan fingerprint density at radius 3 is 3.15 bits per heavy atom. The third-order valence-electron chi connectivity index (χ3n) is 3.77. The molecule has 3 rings (SSSR count). The van der Waals surface area contributed by atoms with Crippen LogP contribution in [0.5, 0.6) is 5.75 Å². The van der Waals surface area contributed by atoms with Crippen LogP contribution in [0, 0.1) is 5.92 Å². The Labute approximate surface area is 119 Å². The average Bonchev–Trinajstić information content (AvgIpc) is 2.68. The maximum Gasteiger partial charge on any atom is 0.142 e. The van der Waals surface area contributed by atoms with Crippen molar-refractivity contribution in [3.63, 3.8) is 0 Å². The van der Waals surface area contributed by atoms with Crippen LogP contribution in [0.25, 0.3) is 0 Å². The van der Waals surface area contributed by atoms with Crippen LogP contribution < -0.4 is 15.8 Å². The van der Waals surface area contributed by atoms with Gasteiger partial charge in [-0.3, -0.25) is 0 Å². The second-order valence-electron chi connectivity index (χ2n) is 5.49. The Bertz CT molecular complexity index is 447. The first kappa shape index (κ1) is 13.5. The first-order chi connectivity index (χ1) is 9.81. The molecular weight excluding hydrogens is 256 g/mol. The van der Waals surface area contributed by atoms with Crippen LogP contribution in [0.3, 0.4) is 0 Å². The zero-order chi connectivity index (χ0) is 13.8. The molecule has 1 fully saturated rings. The quantitative estimate of drug-likeness (QED) is 0.827. The first-order valence-corrected chi connectivity index (χ1v) is 7.27. The van der Waals surface area contributed by atoms with Crippen LogP contribution in [-0.2, 0) is 9.47 Å². The number of hydrogen-bond donors (Lipinski definition) is 2. The van der Waals surface area contributed by atoms with Gasteiger partial charge in [-0.15, -0.1) is 0 Å². The SMILES string of the molecule is Nc1ccc2c(c1)NCC(OCC1CCCOC1)CO2. The highest BCUT2D eigenvalue weighted by Crippen LogP contribution is 2.29. The Morgan fingerprint density at radius 2 is 2.30 bits per heavy atom. The van der Waals surface area contributed by atoms with Crippen molar-refractivity contribution >= 4 is 11.4 Å². The van der Waals surface area contributed by atoms with Crippen molar-refractivity contribution in [1.82, 2.24) is 0 Å². The highest BCUT2D eigenvalue weighted by Gasteiger charge is 2.20. The van der Waals surface area contributed by atoms with Crippen molar-refractivity contribution in [1.29, 1.82) is 0 Å². The number of hydrogen-bond acceptors (Lipinski definition) is 5. The zero-order valence-corrected chi connectivity index (χ0v) is 11.6. The predicted molar refractivity (Wildman–Crippen MR) is 78.1 cm³/mol. The molecule has 2 unspecified atom stereocenters. The Hall–Kier alpha value is -1.46. The zero-order valence-electron chi connectivity index (χ0n) is 11.6. The van der Waals surface area contributed by atoms with Crippen LogP contribution in [0.1, 0.15) is 12.8 Å². The molecule has 0 aliphatic carbocycles. The molecule has 20 heavy (non-hydrogen) atoms. The molecule has 3 N–H and O–H groups in total. The summed E-state index contributed by atoms with van der Waals surface area (Å²) in [5.74, 6) is 1.36. The topological polar surface area (TPSA) is 65.7 Å². The number of nitrogen functional groups attached to an aromatic ring is 1. The number of rotatable bonds is 3. The van der Waals surface area contributed by atoms with Gasteiger partial charge in [0.1, 0.15) is 18.5 Å². The fourth-order valence-electron chi connectivity index (χ4n) is 2.60. The van der Waals surface area contributed by atoms with Gasteiger partial charge in [-0.05, 0) is 31.0 Å². The number of fused-ring (bicyclic) bond motifs is 1. The minimum atomic E-state index is 0.0607. The van der Waals surface area contributed by atoms with E-state index < -0.39 is 0 Å². The second-order valence-corrected chi connectivity index (χ2v) is 5.49. The fraction of sp³-hybridized carbons (Fsp3) is 0.600. The Kier molecular flexibility index (Phi) is 4.28. The minimum absolute atomic E-state index is 0.0607. The van der Waals surface area contributed by atoms with E-state index in [1.165, 1.54) is 6.42 Å². The van der Waals surface area contributed by atoms with Gasteiger partial charge in [-0.2, -0.15) is 0 Å². The van der Waals surface area contributed by atoms with Crippen molar-refractivity contribution in [2.24, 2.45) is 5.92 Å². The van der Waals surface area contributed by atoms with Crippen LogP contribution in [-0.4, -0.2) is 39.1 Å². The number of ether oxygens (including phenoxy) is 3. The van der Waals surface area contributed by atoms with E-state index in [1.807, 2.05) is 18.2 Å². The standard InChI is InChI=1S/C15H22N2O3/c16-12-3-4-15-14(6-12)17-7-13(10-20-15)19-9-11-2-1-5-18-8-11/h3-4,6,11,13,17H,1-2,5,7-10,16H2. The molecule has 1 aromatic rings. The maximum absolute atomic E-state index is 5.97. The summed E-state index contributed by atoms with van der Waals surface area (Å²) in [6, 6.07) is 5.64. The van der Waals surface area contributed by atoms with Gasteiger partial charge in [-0.1, -0.05) is 0 Å². The second kappa shape index (κ2) is 6.33. The highest BCUT2D eigenvalue weighted by atomic mass is 16.5. The minimum Gasteiger partial charge on any atom is -0.489 e. The van der Waals surface area contributed by atoms with Crippen molar-refractivity contribution in [2.45, 2.75) is 18.9 Å². The largest absolute Gasteiger partial charge is 0.489 e. The van der Waals surface area contributed by atoms with E-state index in [0.717, 1.165) is 49.9 Å². The first-order valence-electron chi connectivity index (χ1n) is 7.27. The molecule has 2 heterocycles. The van der Waals surface area contributed by atoms with Gasteiger partial charge in [0.2, 0.25) is 0 Å². The molecule has 5 heteroatoms. The van der Waals surface area contributed by atoms with Crippen molar-refractivity contribution < 1.29 is 14.2 Å². The van der Waals surface area contributed by atoms with Gasteiger partial charge < -0.3 is 25.3 Å². The average molecular weight is 278 g/mol. The molecule has 0 bridgehead atoms. The van der Waals surface area contributed by atoms with Crippen LogP contribution in [0.4, 0.5) is 11.4 Å². The summed E-state index contributed by atoms with van der Waals surface area (Å²) >= 11 is 0. The monoisotopic (exact) mass is 278 g/mol. The number of nitrogens with two attached hydrogens (primary N) is 1. The normalized spacial score (nSPS) is 26.0. The van der Waals surface area contributed by atoms with Gasteiger partial charge in [0.25, 0.3) is 0 Å². The van der Waals surface area contributed by atoms with E-state index in [9.17, 15) is 0 Å². The van der Waals surface area contributed by atoms with Crippen molar-refractivity contribution in [3.05, 3.63) is 18.2 Å². The van der Waals surface area contributed by atoms with Gasteiger partial charge >= 0.3 is 0 Å². The molecule has 1 saturated heterocycles. The molecule has 0 spiro atoms. The number of benzene rings is 1. The lowest BCUT2D eigenvalue weighted by atomic mass is 10.0. The lowest BCUT2D eigenvalue weighted by Crippen LogP contribution is -2.31. The van der Waals surface area contributed by atoms with E-state index in [-0.39, 0.29) is 6.10 Å². The van der Waals surface area contributed by atoms with E-state index >= 15 is 0 Å². The van der Waals surface area contributed by atoms with Crippen molar-refractivity contribution in [2.75, 3.05) is 44.0 Å². The summed E-state index contributed by atoms with van der Waals surface area (Å²) in [5.41, 5.74) is 7.46. The Balaban J connectivity index is 1.51. The van der Waals surface area contributed by atoms with Crippen molar-refractivity contribution in [3.8, 4) is 5.75 Å². The molecule has 2 atom stereocenters. The van der Waals surface area contributed by atoms with Crippen LogP contribution >= 0.6 is 0 Å². The van der Waals surface area contributed by atoms with Gasteiger partial charge in [0.05, 0.1) is 18.9 Å². The molecule has 0 aromatic heterocycles. The summed E-state index contributed by atoms with van der Waals surface area (Å²) in [7, 11) is 0. The van der Waals surface area contributed by atoms with Crippen LogP contribution in [0.15, 0.2) is 18.2 Å². The lowest BCUT2D eigenvalue weighted by molar-refractivity contribution is -0.0298. The molecular formula is C15H22N2O3. The summed E-state index contributed by atoms with van der Waals surface area (Å²) in [4.78, 5) is 0. The third-order valence-corrected chi connectivity index (χ3v) is 3.77. The molecule has 0 saturated carbocycles. The van der Waals surface area contributed by atoms with Gasteiger partial charge in [0, 0.05) is 24.8 Å². The number of nitrogens with one attached hydrogen (secondary N) is 1. The van der Waals surface area contributed by atoms with E-state index in [0.29, 0.717) is 12.5 Å². The summed E-state index contributed by atoms with van der Waals surface area (Å²) in [6.45, 7) is 3.76. The van der Waals surface area contributed by atoms with E-state index in [4.69, 9.17) is 19.9 Å². The molecule has 5 nitrogen and oxygen atoms in total.